The Morgan fingerprint density at radius 3 is 2.45 bits per heavy atom. The number of rotatable bonds is 5. The van der Waals surface area contributed by atoms with Gasteiger partial charge in [-0.3, -0.25) is 4.79 Å². The second-order valence-corrected chi connectivity index (χ2v) is 6.58. The summed E-state index contributed by atoms with van der Waals surface area (Å²) in [7, 11) is 0. The zero-order chi connectivity index (χ0) is 15.3. The Kier molecular flexibility index (Phi) is 5.75. The number of carbonyl (C=O) groups is 1. The second-order valence-electron chi connectivity index (χ2n) is 6.58. The smallest absolute Gasteiger partial charge is 0.221 e. The lowest BCUT2D eigenvalue weighted by Gasteiger charge is -2.21. The Bertz CT molecular complexity index is 461. The quantitative estimate of drug-likeness (QED) is 0.866. The zero-order valence-electron chi connectivity index (χ0n) is 13.6. The molecule has 1 aromatic rings. The van der Waals surface area contributed by atoms with E-state index in [9.17, 15) is 4.79 Å². The van der Waals surface area contributed by atoms with Crippen LogP contribution in [0.25, 0.3) is 0 Å². The van der Waals surface area contributed by atoms with E-state index in [1.807, 2.05) is 6.92 Å². The average Bonchev–Trinajstić information content (AvgIpc) is 2.26. The van der Waals surface area contributed by atoms with Crippen LogP contribution < -0.4 is 10.6 Å². The lowest BCUT2D eigenvalue weighted by atomic mass is 10.0. The second kappa shape index (κ2) is 6.89. The van der Waals surface area contributed by atoms with Gasteiger partial charge in [0.1, 0.15) is 0 Å². The molecule has 3 nitrogen and oxygen atoms in total. The average molecular weight is 276 g/mol. The van der Waals surface area contributed by atoms with E-state index < -0.39 is 0 Å². The van der Waals surface area contributed by atoms with Gasteiger partial charge in [0.25, 0.3) is 0 Å². The van der Waals surface area contributed by atoms with Crippen molar-refractivity contribution in [1.29, 1.82) is 0 Å². The van der Waals surface area contributed by atoms with Crippen molar-refractivity contribution in [3.63, 3.8) is 0 Å². The number of carbonyl (C=O) groups excluding carboxylic acids is 1. The Morgan fingerprint density at radius 1 is 1.25 bits per heavy atom. The van der Waals surface area contributed by atoms with Crippen LogP contribution in [-0.2, 0) is 4.79 Å². The summed E-state index contributed by atoms with van der Waals surface area (Å²) in [6, 6.07) is 6.40. The molecule has 1 rings (SSSR count). The molecule has 2 N–H and O–H groups in total. The maximum absolute atomic E-state index is 11.9. The summed E-state index contributed by atoms with van der Waals surface area (Å²) in [5.74, 6) is 0.0919. The molecule has 0 bridgehead atoms. The highest BCUT2D eigenvalue weighted by Gasteiger charge is 2.13. The fourth-order valence-electron chi connectivity index (χ4n) is 2.25. The van der Waals surface area contributed by atoms with Crippen LogP contribution in [0.5, 0.6) is 0 Å². The molecule has 1 unspecified atom stereocenters. The van der Waals surface area contributed by atoms with Crippen LogP contribution in [0.4, 0.5) is 0 Å². The summed E-state index contributed by atoms with van der Waals surface area (Å²) in [5.41, 5.74) is 3.72. The van der Waals surface area contributed by atoms with E-state index in [1.165, 1.54) is 16.7 Å². The van der Waals surface area contributed by atoms with Crippen molar-refractivity contribution in [3.05, 3.63) is 34.9 Å². The van der Waals surface area contributed by atoms with Gasteiger partial charge >= 0.3 is 0 Å². The molecule has 0 aliphatic carbocycles. The molecule has 0 saturated heterocycles. The van der Waals surface area contributed by atoms with Crippen LogP contribution in [0, 0.1) is 13.8 Å². The number of aryl methyl sites for hydroxylation is 2. The third-order valence-corrected chi connectivity index (χ3v) is 3.28. The van der Waals surface area contributed by atoms with Gasteiger partial charge in [0, 0.05) is 18.5 Å². The van der Waals surface area contributed by atoms with Crippen LogP contribution in [0.15, 0.2) is 18.2 Å². The van der Waals surface area contributed by atoms with E-state index in [0.717, 1.165) is 0 Å². The third kappa shape index (κ3) is 5.74. The van der Waals surface area contributed by atoms with Gasteiger partial charge in [-0.15, -0.1) is 0 Å². The van der Waals surface area contributed by atoms with Crippen LogP contribution in [0.1, 0.15) is 56.8 Å². The van der Waals surface area contributed by atoms with Gasteiger partial charge in [-0.1, -0.05) is 23.8 Å². The molecule has 0 spiro atoms. The maximum Gasteiger partial charge on any atom is 0.221 e. The Balaban J connectivity index is 2.49. The number of hydrogen-bond donors (Lipinski definition) is 2. The summed E-state index contributed by atoms with van der Waals surface area (Å²) in [6.45, 7) is 13.2. The van der Waals surface area contributed by atoms with Gasteiger partial charge in [-0.25, -0.2) is 0 Å². The molecule has 0 radical (unpaired) electrons. The summed E-state index contributed by atoms with van der Waals surface area (Å²) < 4.78 is 0. The largest absolute Gasteiger partial charge is 0.350 e. The molecular weight excluding hydrogens is 248 g/mol. The van der Waals surface area contributed by atoms with Crippen molar-refractivity contribution in [2.75, 3.05) is 6.54 Å². The first-order valence-corrected chi connectivity index (χ1v) is 7.30. The fraction of sp³-hybridized carbons (Fsp3) is 0.588. The summed E-state index contributed by atoms with van der Waals surface area (Å²) >= 11 is 0. The van der Waals surface area contributed by atoms with Crippen LogP contribution in [0.3, 0.4) is 0 Å². The highest BCUT2D eigenvalue weighted by molar-refractivity contribution is 5.76. The molecule has 0 heterocycles. The van der Waals surface area contributed by atoms with Crippen molar-refractivity contribution in [1.82, 2.24) is 10.6 Å². The highest BCUT2D eigenvalue weighted by Crippen LogP contribution is 2.18. The summed E-state index contributed by atoms with van der Waals surface area (Å²) in [4.78, 5) is 11.9. The number of benzene rings is 1. The van der Waals surface area contributed by atoms with Gasteiger partial charge < -0.3 is 10.6 Å². The molecular formula is C17H28N2O. The van der Waals surface area contributed by atoms with Gasteiger partial charge in [-0.2, -0.15) is 0 Å². The lowest BCUT2D eigenvalue weighted by Crippen LogP contribution is -2.38. The number of hydrogen-bond acceptors (Lipinski definition) is 2. The molecule has 0 aromatic heterocycles. The third-order valence-electron chi connectivity index (χ3n) is 3.28. The zero-order valence-corrected chi connectivity index (χ0v) is 13.6. The molecule has 1 aromatic carbocycles. The summed E-state index contributed by atoms with van der Waals surface area (Å²) in [5, 5.41) is 6.39. The van der Waals surface area contributed by atoms with E-state index in [0.29, 0.717) is 13.0 Å². The molecule has 0 aliphatic rings. The van der Waals surface area contributed by atoms with Crippen LogP contribution in [-0.4, -0.2) is 18.0 Å². The van der Waals surface area contributed by atoms with E-state index in [-0.39, 0.29) is 17.5 Å². The predicted octanol–water partition coefficient (Wildman–Crippen LogP) is 3.26. The standard InChI is InChI=1S/C17H28N2O/c1-12-7-8-15(13(2)11-12)14(3)19-16(20)9-10-18-17(4,5)6/h7-8,11,14,18H,9-10H2,1-6H3,(H,19,20). The topological polar surface area (TPSA) is 41.1 Å². The van der Waals surface area contributed by atoms with Gasteiger partial charge in [0.2, 0.25) is 5.91 Å². The Morgan fingerprint density at radius 2 is 1.90 bits per heavy atom. The minimum atomic E-state index is 0.0535. The first-order valence-electron chi connectivity index (χ1n) is 7.30. The van der Waals surface area contributed by atoms with Crippen LogP contribution in [0.2, 0.25) is 0 Å². The first-order chi connectivity index (χ1) is 9.19. The molecule has 3 heteroatoms. The van der Waals surface area contributed by atoms with E-state index in [2.05, 4.69) is 63.5 Å². The minimum Gasteiger partial charge on any atom is -0.350 e. The van der Waals surface area contributed by atoms with Crippen molar-refractivity contribution >= 4 is 5.91 Å². The van der Waals surface area contributed by atoms with Crippen molar-refractivity contribution < 1.29 is 4.79 Å². The van der Waals surface area contributed by atoms with Gasteiger partial charge in [0.15, 0.2) is 0 Å². The molecule has 1 atom stereocenters. The van der Waals surface area contributed by atoms with Crippen molar-refractivity contribution in [2.45, 2.75) is 59.5 Å². The lowest BCUT2D eigenvalue weighted by molar-refractivity contribution is -0.121. The normalized spacial score (nSPS) is 13.1. The maximum atomic E-state index is 11.9. The molecule has 1 amide bonds. The monoisotopic (exact) mass is 276 g/mol. The predicted molar refractivity (Wildman–Crippen MR) is 84.8 cm³/mol. The van der Waals surface area contributed by atoms with Crippen molar-refractivity contribution in [3.8, 4) is 0 Å². The van der Waals surface area contributed by atoms with Gasteiger partial charge in [-0.05, 0) is 52.7 Å². The molecule has 0 saturated carbocycles. The van der Waals surface area contributed by atoms with Crippen LogP contribution >= 0.6 is 0 Å². The molecule has 0 fully saturated rings. The molecule has 112 valence electrons. The first kappa shape index (κ1) is 16.7. The molecule has 20 heavy (non-hydrogen) atoms. The van der Waals surface area contributed by atoms with E-state index in [4.69, 9.17) is 0 Å². The highest BCUT2D eigenvalue weighted by atomic mass is 16.1. The SMILES string of the molecule is Cc1ccc(C(C)NC(=O)CCNC(C)(C)C)c(C)c1. The van der Waals surface area contributed by atoms with Gasteiger partial charge in [0.05, 0.1) is 6.04 Å². The minimum absolute atomic E-state index is 0.0535. The fourth-order valence-corrected chi connectivity index (χ4v) is 2.25. The number of nitrogens with one attached hydrogen (secondary N) is 2. The molecule has 0 aliphatic heterocycles. The Hall–Kier alpha value is -1.35. The number of amides is 1. The Labute approximate surface area is 123 Å². The van der Waals surface area contributed by atoms with E-state index in [1.54, 1.807) is 0 Å². The summed E-state index contributed by atoms with van der Waals surface area (Å²) in [6.07, 6.45) is 0.506. The van der Waals surface area contributed by atoms with Crippen molar-refractivity contribution in [2.24, 2.45) is 0 Å². The van der Waals surface area contributed by atoms with E-state index >= 15 is 0 Å².